The Hall–Kier alpha value is -2.04. The van der Waals surface area contributed by atoms with Gasteiger partial charge in [-0.05, 0) is 44.4 Å². The Balaban J connectivity index is 1.71. The van der Waals surface area contributed by atoms with E-state index in [1.807, 2.05) is 18.2 Å². The largest absolute Gasteiger partial charge is 0.497 e. The van der Waals surface area contributed by atoms with E-state index in [4.69, 9.17) is 18.9 Å². The summed E-state index contributed by atoms with van der Waals surface area (Å²) in [5.74, 6) is 1.69. The molecule has 1 heterocycles. The van der Waals surface area contributed by atoms with Crippen LogP contribution in [0.3, 0.4) is 0 Å². The summed E-state index contributed by atoms with van der Waals surface area (Å²) in [4.78, 5) is 0. The second-order valence-electron chi connectivity index (χ2n) is 6.24. The molecule has 1 aliphatic rings. The summed E-state index contributed by atoms with van der Waals surface area (Å²) in [5.41, 5.74) is 2.37. The van der Waals surface area contributed by atoms with Gasteiger partial charge in [0.25, 0.3) is 0 Å². The van der Waals surface area contributed by atoms with Crippen LogP contribution in [-0.4, -0.2) is 33.7 Å². The molecule has 1 fully saturated rings. The number of ether oxygens (including phenoxy) is 4. The van der Waals surface area contributed by atoms with Gasteiger partial charge in [-0.15, -0.1) is 0 Å². The van der Waals surface area contributed by atoms with Crippen molar-refractivity contribution in [3.8, 4) is 11.5 Å². The topological polar surface area (TPSA) is 36.9 Å². The Kier molecular flexibility index (Phi) is 9.01. The van der Waals surface area contributed by atoms with Gasteiger partial charge in [0.05, 0.1) is 27.4 Å². The Bertz CT molecular complexity index is 625. The van der Waals surface area contributed by atoms with Crippen molar-refractivity contribution in [2.45, 2.75) is 38.9 Å². The molecule has 142 valence electrons. The molecule has 0 radical (unpaired) electrons. The van der Waals surface area contributed by atoms with Crippen LogP contribution >= 0.6 is 0 Å². The Morgan fingerprint density at radius 3 is 2.62 bits per heavy atom. The van der Waals surface area contributed by atoms with Crippen LogP contribution < -0.4 is 9.47 Å². The first kappa shape index (κ1) is 20.3. The van der Waals surface area contributed by atoms with Crippen LogP contribution in [0, 0.1) is 0 Å². The fraction of sp³-hybridized carbons (Fsp3) is 0.455. The lowest BCUT2D eigenvalue weighted by Gasteiger charge is -2.08. The third-order valence-electron chi connectivity index (χ3n) is 4.22. The van der Waals surface area contributed by atoms with Gasteiger partial charge in [0, 0.05) is 12.0 Å². The summed E-state index contributed by atoms with van der Waals surface area (Å²) in [5, 5.41) is 0. The molecule has 0 aromatic heterocycles. The van der Waals surface area contributed by atoms with Crippen LogP contribution in [0.4, 0.5) is 0 Å². The molecule has 26 heavy (non-hydrogen) atoms. The average Bonchev–Trinajstić information content (AvgIpc) is 3.19. The fourth-order valence-electron chi connectivity index (χ4n) is 2.70. The summed E-state index contributed by atoms with van der Waals surface area (Å²) in [6, 6.07) is 5.81. The van der Waals surface area contributed by atoms with Crippen molar-refractivity contribution in [1.29, 1.82) is 0 Å². The molecule has 0 saturated carbocycles. The van der Waals surface area contributed by atoms with E-state index in [2.05, 4.69) is 37.3 Å². The highest BCUT2D eigenvalue weighted by atomic mass is 16.7. The molecule has 1 aliphatic heterocycles. The van der Waals surface area contributed by atoms with E-state index >= 15 is 0 Å². The lowest BCUT2D eigenvalue weighted by molar-refractivity contribution is -0.0461. The Morgan fingerprint density at radius 2 is 1.88 bits per heavy atom. The van der Waals surface area contributed by atoms with E-state index in [1.54, 1.807) is 14.2 Å². The van der Waals surface area contributed by atoms with Gasteiger partial charge in [-0.3, -0.25) is 0 Å². The van der Waals surface area contributed by atoms with Crippen molar-refractivity contribution < 1.29 is 18.9 Å². The number of hydrogen-bond donors (Lipinski definition) is 0. The molecular weight excluding hydrogens is 328 g/mol. The van der Waals surface area contributed by atoms with Crippen molar-refractivity contribution in [1.82, 2.24) is 0 Å². The van der Waals surface area contributed by atoms with Crippen molar-refractivity contribution in [3.05, 3.63) is 53.6 Å². The molecule has 1 aromatic carbocycles. The monoisotopic (exact) mass is 358 g/mol. The lowest BCUT2D eigenvalue weighted by Crippen LogP contribution is -2.06. The second kappa shape index (κ2) is 11.6. The van der Waals surface area contributed by atoms with Crippen LogP contribution in [0.1, 0.15) is 38.2 Å². The second-order valence-corrected chi connectivity index (χ2v) is 6.24. The maximum absolute atomic E-state index is 5.45. The Morgan fingerprint density at radius 1 is 1.12 bits per heavy atom. The van der Waals surface area contributed by atoms with Gasteiger partial charge in [0.1, 0.15) is 11.5 Å². The van der Waals surface area contributed by atoms with E-state index in [-0.39, 0.29) is 6.29 Å². The van der Waals surface area contributed by atoms with Crippen LogP contribution in [-0.2, 0) is 9.47 Å². The number of hydrogen-bond acceptors (Lipinski definition) is 4. The van der Waals surface area contributed by atoms with Crippen molar-refractivity contribution in [3.63, 3.8) is 0 Å². The van der Waals surface area contributed by atoms with Gasteiger partial charge in [-0.2, -0.15) is 0 Å². The van der Waals surface area contributed by atoms with Gasteiger partial charge in [0.2, 0.25) is 0 Å². The zero-order valence-electron chi connectivity index (χ0n) is 16.1. The van der Waals surface area contributed by atoms with E-state index in [1.165, 1.54) is 5.57 Å². The van der Waals surface area contributed by atoms with Crippen LogP contribution in [0.15, 0.2) is 48.1 Å². The molecule has 0 bridgehead atoms. The summed E-state index contributed by atoms with van der Waals surface area (Å²) < 4.78 is 21.5. The minimum Gasteiger partial charge on any atom is -0.497 e. The zero-order chi connectivity index (χ0) is 18.6. The highest BCUT2D eigenvalue weighted by Crippen LogP contribution is 2.25. The number of rotatable bonds is 10. The number of unbranched alkanes of at least 4 members (excludes halogenated alkanes) is 1. The third-order valence-corrected chi connectivity index (χ3v) is 4.22. The predicted molar refractivity (Wildman–Crippen MR) is 106 cm³/mol. The summed E-state index contributed by atoms with van der Waals surface area (Å²) in [7, 11) is 3.35. The highest BCUT2D eigenvalue weighted by molar-refractivity contribution is 5.59. The van der Waals surface area contributed by atoms with Crippen LogP contribution in [0.2, 0.25) is 0 Å². The third kappa shape index (κ3) is 7.06. The molecule has 2 rings (SSSR count). The minimum absolute atomic E-state index is 0.0129. The van der Waals surface area contributed by atoms with Gasteiger partial charge < -0.3 is 18.9 Å². The average molecular weight is 358 g/mol. The fourth-order valence-corrected chi connectivity index (χ4v) is 2.70. The van der Waals surface area contributed by atoms with Crippen molar-refractivity contribution >= 4 is 6.08 Å². The van der Waals surface area contributed by atoms with Crippen LogP contribution in [0.25, 0.3) is 6.08 Å². The van der Waals surface area contributed by atoms with Gasteiger partial charge in [-0.1, -0.05) is 36.0 Å². The first-order valence-corrected chi connectivity index (χ1v) is 9.17. The molecule has 4 nitrogen and oxygen atoms in total. The van der Waals surface area contributed by atoms with Crippen molar-refractivity contribution in [2.24, 2.45) is 0 Å². The standard InChI is InChI=1S/C22H30O4/c1-18(11-14-22-25-15-16-26-22)9-7-5-4-6-8-10-19-17-20(23-2)12-13-21(19)24-3/h5,7-10,12-13,17,22H,4,6,11,14-16H2,1-3H3. The molecule has 0 spiro atoms. The molecule has 1 saturated heterocycles. The first-order valence-electron chi connectivity index (χ1n) is 9.17. The van der Waals surface area contributed by atoms with E-state index in [9.17, 15) is 0 Å². The molecular formula is C22H30O4. The lowest BCUT2D eigenvalue weighted by atomic mass is 10.1. The molecule has 0 amide bonds. The van der Waals surface area contributed by atoms with E-state index in [0.717, 1.165) is 56.0 Å². The highest BCUT2D eigenvalue weighted by Gasteiger charge is 2.14. The molecule has 0 aliphatic carbocycles. The smallest absolute Gasteiger partial charge is 0.158 e. The first-order chi connectivity index (χ1) is 12.7. The minimum atomic E-state index is -0.0129. The normalized spacial score (nSPS) is 16.0. The summed E-state index contributed by atoms with van der Waals surface area (Å²) >= 11 is 0. The SMILES string of the molecule is COc1ccc(OC)c(C=CCCC=CC=C(C)CCC2OCCO2)c1. The zero-order valence-corrected chi connectivity index (χ0v) is 16.1. The number of benzene rings is 1. The van der Waals surface area contributed by atoms with Gasteiger partial charge >= 0.3 is 0 Å². The maximum atomic E-state index is 5.45. The van der Waals surface area contributed by atoms with Gasteiger partial charge in [0.15, 0.2) is 6.29 Å². The molecule has 1 aromatic rings. The summed E-state index contributed by atoms with van der Waals surface area (Å²) in [6.45, 7) is 3.60. The maximum Gasteiger partial charge on any atom is 0.158 e. The van der Waals surface area contributed by atoms with Gasteiger partial charge in [-0.25, -0.2) is 0 Å². The van der Waals surface area contributed by atoms with Crippen LogP contribution in [0.5, 0.6) is 11.5 Å². The summed E-state index contributed by atoms with van der Waals surface area (Å²) in [6.07, 6.45) is 14.6. The van der Waals surface area contributed by atoms with Crippen molar-refractivity contribution in [2.75, 3.05) is 27.4 Å². The van der Waals surface area contributed by atoms with E-state index in [0.29, 0.717) is 0 Å². The molecule has 4 heteroatoms. The number of methoxy groups -OCH3 is 2. The molecule has 0 unspecified atom stereocenters. The number of allylic oxidation sites excluding steroid dienone is 5. The van der Waals surface area contributed by atoms with E-state index < -0.39 is 0 Å². The molecule has 0 atom stereocenters. The molecule has 0 N–H and O–H groups in total. The predicted octanol–water partition coefficient (Wildman–Crippen LogP) is 5.15. The quantitative estimate of drug-likeness (QED) is 0.428. The Labute approximate surface area is 157 Å².